The van der Waals surface area contributed by atoms with E-state index < -0.39 is 5.97 Å². The van der Waals surface area contributed by atoms with Crippen LogP contribution in [0.4, 0.5) is 5.69 Å². The van der Waals surface area contributed by atoms with Crippen molar-refractivity contribution in [1.29, 1.82) is 0 Å². The number of benzene rings is 1. The number of rotatable bonds is 3. The van der Waals surface area contributed by atoms with E-state index in [0.717, 1.165) is 42.3 Å². The fourth-order valence-electron chi connectivity index (χ4n) is 3.02. The molecule has 0 aliphatic heterocycles. The molecular weight excluding hydrogens is 252 g/mol. The van der Waals surface area contributed by atoms with Crippen LogP contribution < -0.4 is 5.32 Å². The molecule has 1 saturated carbocycles. The van der Waals surface area contributed by atoms with E-state index in [1.807, 2.05) is 30.3 Å². The number of hydrogen-bond acceptors (Lipinski definition) is 3. The fourth-order valence-corrected chi connectivity index (χ4v) is 3.02. The van der Waals surface area contributed by atoms with Crippen molar-refractivity contribution in [3.8, 4) is 0 Å². The Bertz CT molecular complexity index is 621. The predicted octanol–water partition coefficient (Wildman–Crippen LogP) is 3.29. The lowest BCUT2D eigenvalue weighted by Crippen LogP contribution is -2.37. The minimum absolute atomic E-state index is 0.00569. The van der Waals surface area contributed by atoms with Crippen LogP contribution in [0.3, 0.4) is 0 Å². The van der Waals surface area contributed by atoms with Crippen LogP contribution in [0.25, 0.3) is 10.9 Å². The van der Waals surface area contributed by atoms with Crippen molar-refractivity contribution in [2.75, 3.05) is 5.32 Å². The van der Waals surface area contributed by atoms with Gasteiger partial charge in [0, 0.05) is 17.6 Å². The first-order valence-electron chi connectivity index (χ1n) is 7.09. The number of carboxylic acid groups (broad SMARTS) is 1. The van der Waals surface area contributed by atoms with Crippen molar-refractivity contribution in [3.05, 3.63) is 36.5 Å². The Morgan fingerprint density at radius 3 is 2.85 bits per heavy atom. The lowest BCUT2D eigenvalue weighted by molar-refractivity contribution is -0.143. The molecule has 0 radical (unpaired) electrons. The summed E-state index contributed by atoms with van der Waals surface area (Å²) < 4.78 is 0. The highest BCUT2D eigenvalue weighted by Crippen LogP contribution is 2.29. The van der Waals surface area contributed by atoms with E-state index in [2.05, 4.69) is 10.3 Å². The molecule has 0 spiro atoms. The van der Waals surface area contributed by atoms with Gasteiger partial charge in [-0.2, -0.15) is 0 Å². The first kappa shape index (κ1) is 12.9. The number of aromatic nitrogens is 1. The fraction of sp³-hybridized carbons (Fsp3) is 0.375. The molecule has 2 aromatic rings. The second kappa shape index (κ2) is 5.49. The Kier molecular flexibility index (Phi) is 3.54. The Labute approximate surface area is 117 Å². The van der Waals surface area contributed by atoms with Crippen LogP contribution in [0.5, 0.6) is 0 Å². The maximum Gasteiger partial charge on any atom is 0.308 e. The first-order valence-corrected chi connectivity index (χ1v) is 7.09. The third kappa shape index (κ3) is 2.46. The summed E-state index contributed by atoms with van der Waals surface area (Å²) in [6.45, 7) is 0. The summed E-state index contributed by atoms with van der Waals surface area (Å²) in [6.07, 6.45) is 5.51. The van der Waals surface area contributed by atoms with Gasteiger partial charge >= 0.3 is 5.97 Å². The molecule has 2 atom stereocenters. The van der Waals surface area contributed by atoms with Crippen molar-refractivity contribution >= 4 is 22.6 Å². The number of hydrogen-bond donors (Lipinski definition) is 2. The highest BCUT2D eigenvalue weighted by Gasteiger charge is 2.30. The van der Waals surface area contributed by atoms with E-state index in [1.165, 1.54) is 0 Å². The lowest BCUT2D eigenvalue weighted by atomic mass is 9.84. The Hall–Kier alpha value is -2.10. The number of fused-ring (bicyclic) bond motifs is 1. The summed E-state index contributed by atoms with van der Waals surface area (Å²) in [5.74, 6) is -1.00. The predicted molar refractivity (Wildman–Crippen MR) is 78.7 cm³/mol. The molecule has 20 heavy (non-hydrogen) atoms. The number of nitrogens with zero attached hydrogens (tertiary/aromatic N) is 1. The number of nitrogens with one attached hydrogen (secondary N) is 1. The van der Waals surface area contributed by atoms with Gasteiger partial charge in [0.1, 0.15) is 0 Å². The van der Waals surface area contributed by atoms with Crippen LogP contribution >= 0.6 is 0 Å². The summed E-state index contributed by atoms with van der Waals surface area (Å²) in [5.41, 5.74) is 1.84. The number of para-hydroxylation sites is 1. The molecule has 1 heterocycles. The Morgan fingerprint density at radius 2 is 2.00 bits per heavy atom. The van der Waals surface area contributed by atoms with Gasteiger partial charge in [-0.1, -0.05) is 31.0 Å². The molecule has 1 aliphatic carbocycles. The number of carbonyl (C=O) groups is 1. The number of carboxylic acids is 1. The molecule has 4 heteroatoms. The van der Waals surface area contributed by atoms with Gasteiger partial charge in [-0.25, -0.2) is 0 Å². The second-order valence-electron chi connectivity index (χ2n) is 5.36. The largest absolute Gasteiger partial charge is 0.481 e. The molecule has 1 fully saturated rings. The normalized spacial score (nSPS) is 22.6. The van der Waals surface area contributed by atoms with Gasteiger partial charge in [-0.05, 0) is 25.0 Å². The SMILES string of the molecule is O=C(O)[C@H]1CCCC[C@@H]1Nc1cccc2cccnc12. The maximum absolute atomic E-state index is 11.4. The smallest absolute Gasteiger partial charge is 0.308 e. The van der Waals surface area contributed by atoms with E-state index >= 15 is 0 Å². The summed E-state index contributed by atoms with van der Waals surface area (Å²) in [6, 6.07) is 9.89. The van der Waals surface area contributed by atoms with Crippen molar-refractivity contribution in [2.45, 2.75) is 31.7 Å². The van der Waals surface area contributed by atoms with Crippen molar-refractivity contribution in [2.24, 2.45) is 5.92 Å². The molecule has 4 nitrogen and oxygen atoms in total. The van der Waals surface area contributed by atoms with Crippen LogP contribution in [0.1, 0.15) is 25.7 Å². The molecule has 0 saturated heterocycles. The summed E-state index contributed by atoms with van der Waals surface area (Å²) in [7, 11) is 0. The van der Waals surface area contributed by atoms with Gasteiger partial charge in [0.05, 0.1) is 17.1 Å². The molecule has 3 rings (SSSR count). The summed E-state index contributed by atoms with van der Waals surface area (Å²) >= 11 is 0. The third-order valence-electron chi connectivity index (χ3n) is 4.06. The zero-order valence-electron chi connectivity index (χ0n) is 11.2. The van der Waals surface area contributed by atoms with Crippen molar-refractivity contribution < 1.29 is 9.90 Å². The zero-order valence-corrected chi connectivity index (χ0v) is 11.2. The average molecular weight is 270 g/mol. The molecular formula is C16H18N2O2. The highest BCUT2D eigenvalue weighted by atomic mass is 16.4. The van der Waals surface area contributed by atoms with Crippen LogP contribution in [-0.2, 0) is 4.79 Å². The molecule has 2 N–H and O–H groups in total. The zero-order chi connectivity index (χ0) is 13.9. The molecule has 1 aromatic carbocycles. The highest BCUT2D eigenvalue weighted by molar-refractivity contribution is 5.90. The van der Waals surface area contributed by atoms with Crippen molar-refractivity contribution in [1.82, 2.24) is 4.98 Å². The minimum Gasteiger partial charge on any atom is -0.481 e. The van der Waals surface area contributed by atoms with Gasteiger partial charge in [0.2, 0.25) is 0 Å². The van der Waals surface area contributed by atoms with Gasteiger partial charge in [0.25, 0.3) is 0 Å². The van der Waals surface area contributed by atoms with E-state index in [1.54, 1.807) is 6.20 Å². The molecule has 104 valence electrons. The van der Waals surface area contributed by atoms with Gasteiger partial charge in [0.15, 0.2) is 0 Å². The molecule has 1 aliphatic rings. The monoisotopic (exact) mass is 270 g/mol. The van der Waals surface area contributed by atoms with E-state index in [9.17, 15) is 9.90 Å². The number of anilines is 1. The van der Waals surface area contributed by atoms with Gasteiger partial charge in [-0.3, -0.25) is 9.78 Å². The molecule has 1 aromatic heterocycles. The molecule has 0 unspecified atom stereocenters. The Balaban J connectivity index is 1.90. The Morgan fingerprint density at radius 1 is 1.20 bits per heavy atom. The number of aliphatic carboxylic acids is 1. The van der Waals surface area contributed by atoms with Gasteiger partial charge in [-0.15, -0.1) is 0 Å². The van der Waals surface area contributed by atoms with E-state index in [0.29, 0.717) is 0 Å². The van der Waals surface area contributed by atoms with Gasteiger partial charge < -0.3 is 10.4 Å². The summed E-state index contributed by atoms with van der Waals surface area (Å²) in [4.78, 5) is 15.8. The topological polar surface area (TPSA) is 62.2 Å². The third-order valence-corrected chi connectivity index (χ3v) is 4.06. The quantitative estimate of drug-likeness (QED) is 0.898. The van der Waals surface area contributed by atoms with Crippen LogP contribution in [0.2, 0.25) is 0 Å². The second-order valence-corrected chi connectivity index (χ2v) is 5.36. The molecule has 0 amide bonds. The minimum atomic E-state index is -0.699. The summed E-state index contributed by atoms with van der Waals surface area (Å²) in [5, 5.41) is 13.8. The molecule has 0 bridgehead atoms. The van der Waals surface area contributed by atoms with Crippen molar-refractivity contribution in [3.63, 3.8) is 0 Å². The van der Waals surface area contributed by atoms with Crippen LogP contribution in [-0.4, -0.2) is 22.1 Å². The number of pyridine rings is 1. The maximum atomic E-state index is 11.4. The average Bonchev–Trinajstić information content (AvgIpc) is 2.48. The lowest BCUT2D eigenvalue weighted by Gasteiger charge is -2.30. The first-order chi connectivity index (χ1) is 9.75. The van der Waals surface area contributed by atoms with Crippen LogP contribution in [0.15, 0.2) is 36.5 Å². The van der Waals surface area contributed by atoms with E-state index in [4.69, 9.17) is 0 Å². The standard InChI is InChI=1S/C16H18N2O2/c19-16(20)12-7-1-2-8-13(12)18-14-9-3-5-11-6-4-10-17-15(11)14/h3-6,9-10,12-13,18H,1-2,7-8H2,(H,19,20)/t12-,13-/m0/s1. The van der Waals surface area contributed by atoms with E-state index in [-0.39, 0.29) is 12.0 Å². The van der Waals surface area contributed by atoms with Crippen LogP contribution in [0, 0.1) is 5.92 Å².